The third kappa shape index (κ3) is 7.00. The molecule has 0 saturated carbocycles. The molecule has 1 heterocycles. The van der Waals surface area contributed by atoms with E-state index in [-0.39, 0.29) is 12.0 Å². The lowest BCUT2D eigenvalue weighted by molar-refractivity contribution is -0.0498. The van der Waals surface area contributed by atoms with E-state index in [0.717, 1.165) is 30.7 Å². The monoisotopic (exact) mass is 392 g/mol. The molecule has 1 aromatic carbocycles. The fraction of sp³-hybridized carbons (Fsp3) is 0.524. The van der Waals surface area contributed by atoms with Gasteiger partial charge in [-0.1, -0.05) is 43.6 Å². The number of hydrogen-bond donors (Lipinski definition) is 1. The van der Waals surface area contributed by atoms with Crippen molar-refractivity contribution in [2.24, 2.45) is 11.8 Å². The molecule has 1 N–H and O–H groups in total. The van der Waals surface area contributed by atoms with Gasteiger partial charge in [0.05, 0.1) is 11.8 Å². The van der Waals surface area contributed by atoms with Crippen LogP contribution in [-0.4, -0.2) is 23.0 Å². The zero-order valence-corrected chi connectivity index (χ0v) is 17.0. The molecule has 0 aliphatic carbocycles. The number of amides is 1. The number of rotatable bonds is 11. The van der Waals surface area contributed by atoms with Crippen molar-refractivity contribution in [3.63, 3.8) is 0 Å². The molecule has 2 aromatic rings. The maximum atomic E-state index is 12.2. The van der Waals surface area contributed by atoms with Gasteiger partial charge in [-0.25, -0.2) is 5.48 Å². The average Bonchev–Trinajstić information content (AvgIpc) is 3.08. The third-order valence-corrected chi connectivity index (χ3v) is 4.93. The Bertz CT molecular complexity index is 690. The molecule has 0 spiro atoms. The Morgan fingerprint density at radius 1 is 1.33 bits per heavy atom. The van der Waals surface area contributed by atoms with Gasteiger partial charge in [0.15, 0.2) is 0 Å². The quantitative estimate of drug-likeness (QED) is 0.434. The predicted molar refractivity (Wildman–Crippen MR) is 107 cm³/mol. The second-order valence-electron chi connectivity index (χ2n) is 7.08. The largest absolute Gasteiger partial charge is 0.361 e. The molecule has 2 rings (SSSR count). The van der Waals surface area contributed by atoms with Gasteiger partial charge in [0.1, 0.15) is 5.76 Å². The number of carbonyl (C=O) groups excluding carboxylic acids is 1. The first-order valence-corrected chi connectivity index (χ1v) is 10.1. The van der Waals surface area contributed by atoms with Gasteiger partial charge in [0.2, 0.25) is 0 Å². The van der Waals surface area contributed by atoms with Crippen LogP contribution in [0.1, 0.15) is 54.9 Å². The first-order valence-electron chi connectivity index (χ1n) is 9.52. The highest BCUT2D eigenvalue weighted by atomic mass is 35.5. The number of carbonyl (C=O) groups is 1. The van der Waals surface area contributed by atoms with Crippen LogP contribution in [0.5, 0.6) is 0 Å². The predicted octanol–water partition coefficient (Wildman–Crippen LogP) is 4.94. The number of halogens is 1. The molecule has 0 aliphatic rings. The zero-order chi connectivity index (χ0) is 19.6. The summed E-state index contributed by atoms with van der Waals surface area (Å²) in [6.45, 7) is 6.26. The zero-order valence-electron chi connectivity index (χ0n) is 16.3. The summed E-state index contributed by atoms with van der Waals surface area (Å²) < 4.78 is 5.33. The smallest absolute Gasteiger partial charge is 0.274 e. The number of nitrogens with zero attached hydrogens (tertiary/aromatic N) is 1. The summed E-state index contributed by atoms with van der Waals surface area (Å²) in [6.07, 6.45) is 3.30. The minimum Gasteiger partial charge on any atom is -0.361 e. The van der Waals surface area contributed by atoms with E-state index in [2.05, 4.69) is 24.5 Å². The molecule has 0 fully saturated rings. The summed E-state index contributed by atoms with van der Waals surface area (Å²) in [7, 11) is 0. The summed E-state index contributed by atoms with van der Waals surface area (Å²) in [6, 6.07) is 11.0. The Kier molecular flexibility index (Phi) is 8.82. The number of nitrogens with one attached hydrogen (secondary N) is 1. The molecule has 5 nitrogen and oxygen atoms in total. The van der Waals surface area contributed by atoms with Crippen LogP contribution in [-0.2, 0) is 11.3 Å². The molecule has 27 heavy (non-hydrogen) atoms. The van der Waals surface area contributed by atoms with Crippen LogP contribution < -0.4 is 5.48 Å². The first kappa shape index (κ1) is 21.5. The van der Waals surface area contributed by atoms with Gasteiger partial charge in [-0.05, 0) is 43.7 Å². The number of benzene rings is 1. The summed E-state index contributed by atoms with van der Waals surface area (Å²) in [5, 5.41) is 3.95. The van der Waals surface area contributed by atoms with Crippen LogP contribution in [0.4, 0.5) is 0 Å². The van der Waals surface area contributed by atoms with Crippen LogP contribution in [0.15, 0.2) is 40.9 Å². The van der Waals surface area contributed by atoms with Crippen molar-refractivity contribution in [2.75, 3.05) is 5.88 Å². The maximum absolute atomic E-state index is 12.2. The van der Waals surface area contributed by atoms with Gasteiger partial charge >= 0.3 is 0 Å². The first-order chi connectivity index (χ1) is 13.0. The number of hydroxylamine groups is 1. The third-order valence-electron chi connectivity index (χ3n) is 4.71. The minimum atomic E-state index is -0.241. The topological polar surface area (TPSA) is 64.4 Å². The Balaban J connectivity index is 1.91. The molecular weight excluding hydrogens is 364 g/mol. The molecule has 1 aromatic heterocycles. The van der Waals surface area contributed by atoms with E-state index in [1.807, 2.05) is 31.2 Å². The van der Waals surface area contributed by atoms with Gasteiger partial charge in [-0.3, -0.25) is 9.63 Å². The molecule has 3 atom stereocenters. The van der Waals surface area contributed by atoms with E-state index in [9.17, 15) is 4.79 Å². The van der Waals surface area contributed by atoms with Crippen LogP contribution in [0.2, 0.25) is 0 Å². The highest BCUT2D eigenvalue weighted by molar-refractivity contribution is 6.17. The van der Waals surface area contributed by atoms with Crippen LogP contribution in [0, 0.1) is 18.8 Å². The van der Waals surface area contributed by atoms with E-state index in [1.54, 1.807) is 12.1 Å². The lowest BCUT2D eigenvalue weighted by Gasteiger charge is -2.27. The number of hydrogen-bond acceptors (Lipinski definition) is 4. The Morgan fingerprint density at radius 3 is 2.67 bits per heavy atom. The second-order valence-corrected chi connectivity index (χ2v) is 7.46. The maximum Gasteiger partial charge on any atom is 0.274 e. The molecular formula is C21H29ClN2O3. The normalized spacial score (nSPS) is 14.5. The van der Waals surface area contributed by atoms with Crippen molar-refractivity contribution >= 4 is 17.5 Å². The van der Waals surface area contributed by atoms with Crippen molar-refractivity contribution in [1.29, 1.82) is 0 Å². The summed E-state index contributed by atoms with van der Waals surface area (Å²) in [5.41, 5.74) is 4.07. The highest BCUT2D eigenvalue weighted by Crippen LogP contribution is 2.26. The molecule has 6 heteroatoms. The van der Waals surface area contributed by atoms with Gasteiger partial charge in [-0.2, -0.15) is 0 Å². The molecule has 0 radical (unpaired) electrons. The van der Waals surface area contributed by atoms with Gasteiger partial charge < -0.3 is 4.52 Å². The highest BCUT2D eigenvalue weighted by Gasteiger charge is 2.24. The summed E-state index contributed by atoms with van der Waals surface area (Å²) in [4.78, 5) is 18.0. The van der Waals surface area contributed by atoms with E-state index >= 15 is 0 Å². The van der Waals surface area contributed by atoms with Crippen LogP contribution in [0.3, 0.4) is 0 Å². The average molecular weight is 393 g/mol. The molecule has 0 aliphatic heterocycles. The fourth-order valence-electron chi connectivity index (χ4n) is 3.31. The lowest BCUT2D eigenvalue weighted by Crippen LogP contribution is -2.35. The number of alkyl halides is 1. The van der Waals surface area contributed by atoms with Gasteiger partial charge in [0.25, 0.3) is 5.91 Å². The van der Waals surface area contributed by atoms with Crippen LogP contribution >= 0.6 is 11.6 Å². The second kappa shape index (κ2) is 11.1. The fourth-order valence-corrected chi connectivity index (χ4v) is 3.53. The summed E-state index contributed by atoms with van der Waals surface area (Å²) >= 11 is 5.98. The van der Waals surface area contributed by atoms with E-state index in [1.165, 1.54) is 0 Å². The summed E-state index contributed by atoms with van der Waals surface area (Å²) in [5.74, 6) is 1.85. The Labute approximate surface area is 166 Å². The Hall–Kier alpha value is -1.85. The molecule has 3 unspecified atom stereocenters. The molecule has 0 bridgehead atoms. The van der Waals surface area contributed by atoms with Gasteiger partial charge in [-0.15, -0.1) is 11.6 Å². The van der Waals surface area contributed by atoms with Crippen molar-refractivity contribution in [3.8, 4) is 0 Å². The number of aryl methyl sites for hydroxylation is 1. The van der Waals surface area contributed by atoms with Crippen molar-refractivity contribution in [2.45, 2.75) is 52.6 Å². The standard InChI is InChI=1S/C21H29ClN2O3/c1-4-17(12-15(2)13-19-14-16(3)23-26-19)20(10-11-22)27-24-21(25)18-8-6-5-7-9-18/h5-9,14-15,17,20H,4,10-13H2,1-3H3,(H,24,25). The van der Waals surface area contributed by atoms with E-state index < -0.39 is 0 Å². The van der Waals surface area contributed by atoms with E-state index in [4.69, 9.17) is 21.0 Å². The molecule has 0 saturated heterocycles. The van der Waals surface area contributed by atoms with Crippen molar-refractivity contribution in [1.82, 2.24) is 10.6 Å². The van der Waals surface area contributed by atoms with Crippen molar-refractivity contribution < 1.29 is 14.2 Å². The van der Waals surface area contributed by atoms with Crippen LogP contribution in [0.25, 0.3) is 0 Å². The van der Waals surface area contributed by atoms with Crippen molar-refractivity contribution in [3.05, 3.63) is 53.4 Å². The number of aromatic nitrogens is 1. The SMILES string of the molecule is CCC(CC(C)Cc1cc(C)no1)C(CCCl)ONC(=O)c1ccccc1. The Morgan fingerprint density at radius 2 is 2.07 bits per heavy atom. The molecule has 148 valence electrons. The lowest BCUT2D eigenvalue weighted by atomic mass is 9.86. The minimum absolute atomic E-state index is 0.126. The van der Waals surface area contributed by atoms with Gasteiger partial charge in [0, 0.05) is 23.9 Å². The van der Waals surface area contributed by atoms with E-state index in [0.29, 0.717) is 29.7 Å². The molecule has 1 amide bonds.